The van der Waals surface area contributed by atoms with Crippen LogP contribution in [0.3, 0.4) is 0 Å². The number of fused-ring (bicyclic) bond motifs is 1. The van der Waals surface area contributed by atoms with E-state index in [9.17, 15) is 4.79 Å². The standard InChI is InChI=1S/C20H30N4O/c1-15-11-16(2)13-18(12-15)22-6-3-17(4-7-22)24-10-9-23-8-5-21-20(25)19(23)14-24/h11-13,17,19H,3-10,14H2,1-2H3,(H,21,25). The van der Waals surface area contributed by atoms with E-state index in [1.165, 1.54) is 29.7 Å². The molecule has 25 heavy (non-hydrogen) atoms. The van der Waals surface area contributed by atoms with Crippen molar-refractivity contribution in [3.63, 3.8) is 0 Å². The topological polar surface area (TPSA) is 38.8 Å². The highest BCUT2D eigenvalue weighted by Crippen LogP contribution is 2.26. The maximum Gasteiger partial charge on any atom is 0.238 e. The first-order valence-electron chi connectivity index (χ1n) is 9.69. The molecule has 136 valence electrons. The molecule has 3 aliphatic heterocycles. The van der Waals surface area contributed by atoms with Gasteiger partial charge in [0, 0.05) is 57.5 Å². The highest BCUT2D eigenvalue weighted by atomic mass is 16.2. The second-order valence-electron chi connectivity index (χ2n) is 7.90. The van der Waals surface area contributed by atoms with E-state index in [-0.39, 0.29) is 11.9 Å². The lowest BCUT2D eigenvalue weighted by molar-refractivity contribution is -0.132. The first-order chi connectivity index (χ1) is 12.1. The molecule has 0 aliphatic carbocycles. The fourth-order valence-corrected chi connectivity index (χ4v) is 4.75. The fourth-order valence-electron chi connectivity index (χ4n) is 4.75. The van der Waals surface area contributed by atoms with Gasteiger partial charge in [-0.25, -0.2) is 0 Å². The molecule has 5 nitrogen and oxygen atoms in total. The number of aryl methyl sites for hydroxylation is 2. The van der Waals surface area contributed by atoms with E-state index in [1.807, 2.05) is 0 Å². The smallest absolute Gasteiger partial charge is 0.238 e. The van der Waals surface area contributed by atoms with Gasteiger partial charge in [-0.15, -0.1) is 0 Å². The molecule has 1 aromatic carbocycles. The Morgan fingerprint density at radius 3 is 2.32 bits per heavy atom. The summed E-state index contributed by atoms with van der Waals surface area (Å²) in [5.74, 6) is 0.226. The van der Waals surface area contributed by atoms with Crippen molar-refractivity contribution in [2.75, 3.05) is 50.7 Å². The molecule has 3 aliphatic rings. The van der Waals surface area contributed by atoms with E-state index < -0.39 is 0 Å². The molecular formula is C20H30N4O. The van der Waals surface area contributed by atoms with Crippen LogP contribution in [0, 0.1) is 13.8 Å². The van der Waals surface area contributed by atoms with Crippen molar-refractivity contribution in [2.24, 2.45) is 0 Å². The summed E-state index contributed by atoms with van der Waals surface area (Å²) in [4.78, 5) is 19.6. The van der Waals surface area contributed by atoms with Crippen LogP contribution in [-0.2, 0) is 4.79 Å². The van der Waals surface area contributed by atoms with Crippen molar-refractivity contribution < 1.29 is 4.79 Å². The number of hydrogen-bond acceptors (Lipinski definition) is 4. The molecule has 1 amide bonds. The Bertz CT molecular complexity index is 618. The minimum Gasteiger partial charge on any atom is -0.371 e. The Balaban J connectivity index is 1.36. The number of nitrogens with zero attached hydrogens (tertiary/aromatic N) is 3. The van der Waals surface area contributed by atoms with Gasteiger partial charge < -0.3 is 10.2 Å². The molecule has 1 unspecified atom stereocenters. The van der Waals surface area contributed by atoms with E-state index in [4.69, 9.17) is 0 Å². The van der Waals surface area contributed by atoms with Crippen LogP contribution in [0.4, 0.5) is 5.69 Å². The first-order valence-corrected chi connectivity index (χ1v) is 9.69. The van der Waals surface area contributed by atoms with Gasteiger partial charge in [0.15, 0.2) is 0 Å². The van der Waals surface area contributed by atoms with Gasteiger partial charge in [0.05, 0.1) is 0 Å². The van der Waals surface area contributed by atoms with Crippen LogP contribution in [0.15, 0.2) is 18.2 Å². The van der Waals surface area contributed by atoms with Gasteiger partial charge in [-0.2, -0.15) is 0 Å². The Morgan fingerprint density at radius 2 is 1.60 bits per heavy atom. The summed E-state index contributed by atoms with van der Waals surface area (Å²) in [7, 11) is 0. The molecular weight excluding hydrogens is 312 g/mol. The van der Waals surface area contributed by atoms with E-state index in [0.717, 1.165) is 45.8 Å². The SMILES string of the molecule is Cc1cc(C)cc(N2CCC(N3CCN4CCNC(=O)C4C3)CC2)c1. The highest BCUT2D eigenvalue weighted by molar-refractivity contribution is 5.82. The minimum atomic E-state index is 0.0694. The molecule has 0 spiro atoms. The summed E-state index contributed by atoms with van der Waals surface area (Å²) in [5, 5.41) is 3.03. The van der Waals surface area contributed by atoms with Crippen LogP contribution in [0.2, 0.25) is 0 Å². The van der Waals surface area contributed by atoms with Gasteiger partial charge in [-0.05, 0) is 49.9 Å². The second kappa shape index (κ2) is 6.96. The molecule has 1 N–H and O–H groups in total. The minimum absolute atomic E-state index is 0.0694. The molecule has 3 saturated heterocycles. The van der Waals surface area contributed by atoms with Crippen LogP contribution in [-0.4, -0.2) is 73.6 Å². The number of piperidine rings is 1. The summed E-state index contributed by atoms with van der Waals surface area (Å²) < 4.78 is 0. The van der Waals surface area contributed by atoms with Gasteiger partial charge in [-0.3, -0.25) is 14.6 Å². The van der Waals surface area contributed by atoms with Crippen LogP contribution >= 0.6 is 0 Å². The van der Waals surface area contributed by atoms with Gasteiger partial charge in [0.1, 0.15) is 6.04 Å². The van der Waals surface area contributed by atoms with Crippen LogP contribution in [0.25, 0.3) is 0 Å². The molecule has 0 aromatic heterocycles. The Hall–Kier alpha value is -1.59. The molecule has 5 heteroatoms. The Labute approximate surface area is 151 Å². The predicted octanol–water partition coefficient (Wildman–Crippen LogP) is 1.39. The second-order valence-corrected chi connectivity index (χ2v) is 7.90. The zero-order valence-electron chi connectivity index (χ0n) is 15.5. The normalized spacial score (nSPS) is 26.4. The summed E-state index contributed by atoms with van der Waals surface area (Å²) in [5.41, 5.74) is 4.06. The molecule has 0 radical (unpaired) electrons. The number of anilines is 1. The maximum atomic E-state index is 12.2. The van der Waals surface area contributed by atoms with Crippen molar-refractivity contribution in [2.45, 2.75) is 38.8 Å². The summed E-state index contributed by atoms with van der Waals surface area (Å²) in [6.45, 7) is 11.5. The monoisotopic (exact) mass is 342 g/mol. The predicted molar refractivity (Wildman–Crippen MR) is 101 cm³/mol. The molecule has 0 saturated carbocycles. The summed E-state index contributed by atoms with van der Waals surface area (Å²) in [6.07, 6.45) is 2.39. The van der Waals surface area contributed by atoms with Crippen LogP contribution < -0.4 is 10.2 Å². The van der Waals surface area contributed by atoms with Gasteiger partial charge >= 0.3 is 0 Å². The number of carbonyl (C=O) groups is 1. The lowest BCUT2D eigenvalue weighted by atomic mass is 9.98. The van der Waals surface area contributed by atoms with Crippen molar-refractivity contribution in [3.8, 4) is 0 Å². The van der Waals surface area contributed by atoms with Gasteiger partial charge in [0.25, 0.3) is 0 Å². The van der Waals surface area contributed by atoms with Gasteiger partial charge in [0.2, 0.25) is 5.91 Å². The van der Waals surface area contributed by atoms with Crippen molar-refractivity contribution in [1.82, 2.24) is 15.1 Å². The van der Waals surface area contributed by atoms with E-state index in [1.54, 1.807) is 0 Å². The molecule has 3 fully saturated rings. The number of hydrogen-bond donors (Lipinski definition) is 1. The zero-order chi connectivity index (χ0) is 17.4. The quantitative estimate of drug-likeness (QED) is 0.882. The van der Waals surface area contributed by atoms with Gasteiger partial charge in [-0.1, -0.05) is 6.07 Å². The number of piperazine rings is 2. The lowest BCUT2D eigenvalue weighted by Crippen LogP contribution is -2.65. The third-order valence-corrected chi connectivity index (χ3v) is 6.08. The summed E-state index contributed by atoms with van der Waals surface area (Å²) >= 11 is 0. The number of rotatable bonds is 2. The van der Waals surface area contributed by atoms with Crippen molar-refractivity contribution in [3.05, 3.63) is 29.3 Å². The molecule has 1 atom stereocenters. The Morgan fingerprint density at radius 1 is 0.920 bits per heavy atom. The van der Waals surface area contributed by atoms with Crippen LogP contribution in [0.1, 0.15) is 24.0 Å². The highest BCUT2D eigenvalue weighted by Gasteiger charge is 2.37. The number of benzene rings is 1. The average molecular weight is 342 g/mol. The maximum absolute atomic E-state index is 12.2. The molecule has 1 aromatic rings. The van der Waals surface area contributed by atoms with Crippen molar-refractivity contribution in [1.29, 1.82) is 0 Å². The molecule has 0 bridgehead atoms. The summed E-state index contributed by atoms with van der Waals surface area (Å²) in [6, 6.07) is 7.54. The van der Waals surface area contributed by atoms with E-state index in [2.05, 4.69) is 52.1 Å². The van der Waals surface area contributed by atoms with E-state index >= 15 is 0 Å². The third-order valence-electron chi connectivity index (χ3n) is 6.08. The number of amides is 1. The first kappa shape index (κ1) is 16.9. The number of carbonyl (C=O) groups excluding carboxylic acids is 1. The van der Waals surface area contributed by atoms with Crippen LogP contribution in [0.5, 0.6) is 0 Å². The fraction of sp³-hybridized carbons (Fsp3) is 0.650. The zero-order valence-corrected chi connectivity index (χ0v) is 15.5. The largest absolute Gasteiger partial charge is 0.371 e. The molecule has 4 rings (SSSR count). The van der Waals surface area contributed by atoms with Crippen molar-refractivity contribution >= 4 is 11.6 Å². The Kier molecular flexibility index (Phi) is 4.69. The lowest BCUT2D eigenvalue weighted by Gasteiger charge is -2.47. The molecule has 3 heterocycles. The number of nitrogens with one attached hydrogen (secondary N) is 1. The van der Waals surface area contributed by atoms with E-state index in [0.29, 0.717) is 6.04 Å². The average Bonchev–Trinajstić information content (AvgIpc) is 2.61. The third kappa shape index (κ3) is 3.53.